The third-order valence-electron chi connectivity index (χ3n) is 5.17. The van der Waals surface area contributed by atoms with Crippen LogP contribution >= 0.6 is 0 Å². The van der Waals surface area contributed by atoms with Crippen molar-refractivity contribution < 1.29 is 5.11 Å². The van der Waals surface area contributed by atoms with Crippen LogP contribution in [-0.2, 0) is 5.60 Å². The van der Waals surface area contributed by atoms with Crippen LogP contribution in [0.25, 0.3) is 5.65 Å². The molecule has 0 unspecified atom stereocenters. The Balaban J connectivity index is 1.74. The molecule has 0 amide bonds. The highest BCUT2D eigenvalue weighted by Gasteiger charge is 2.39. The Morgan fingerprint density at radius 2 is 2.00 bits per heavy atom. The molecule has 1 atom stereocenters. The highest BCUT2D eigenvalue weighted by atomic mass is 16.3. The van der Waals surface area contributed by atoms with Crippen LogP contribution in [0, 0.1) is 6.92 Å². The zero-order chi connectivity index (χ0) is 17.6. The van der Waals surface area contributed by atoms with E-state index in [1.807, 2.05) is 28.8 Å². The highest BCUT2D eigenvalue weighted by molar-refractivity contribution is 5.53. The van der Waals surface area contributed by atoms with Gasteiger partial charge in [0.1, 0.15) is 11.4 Å². The fourth-order valence-electron chi connectivity index (χ4n) is 3.74. The second-order valence-corrected chi connectivity index (χ2v) is 7.31. The normalized spacial score (nSPS) is 20.8. The molecule has 0 aliphatic carbocycles. The fourth-order valence-corrected chi connectivity index (χ4v) is 3.74. The van der Waals surface area contributed by atoms with Crippen LogP contribution < -0.4 is 4.90 Å². The summed E-state index contributed by atoms with van der Waals surface area (Å²) in [5, 5.41) is 15.7. The van der Waals surface area contributed by atoms with Crippen molar-refractivity contribution >= 4 is 11.5 Å². The number of nitrogens with zero attached hydrogens (tertiary/aromatic N) is 4. The number of aryl methyl sites for hydroxylation is 1. The number of β-amino-alcohol motifs (C(OH)–C–C–N with tert-alkyl or cyclic N) is 1. The number of anilines is 1. The Morgan fingerprint density at radius 1 is 1.20 bits per heavy atom. The van der Waals surface area contributed by atoms with Crippen LogP contribution in [0.4, 0.5) is 5.82 Å². The summed E-state index contributed by atoms with van der Waals surface area (Å²) < 4.78 is 1.87. The van der Waals surface area contributed by atoms with Gasteiger partial charge in [-0.3, -0.25) is 0 Å². The first-order valence-corrected chi connectivity index (χ1v) is 8.86. The number of hydrogen-bond acceptors (Lipinski definition) is 4. The van der Waals surface area contributed by atoms with E-state index < -0.39 is 5.60 Å². The van der Waals surface area contributed by atoms with Gasteiger partial charge in [0.05, 0.1) is 12.7 Å². The Hall–Kier alpha value is -2.40. The van der Waals surface area contributed by atoms with E-state index in [9.17, 15) is 5.11 Å². The largest absolute Gasteiger partial charge is 0.383 e. The molecular formula is C20H24N4O. The molecule has 1 aliphatic rings. The predicted molar refractivity (Wildman–Crippen MR) is 99.0 cm³/mol. The summed E-state index contributed by atoms with van der Waals surface area (Å²) in [4.78, 5) is 6.91. The molecule has 0 saturated carbocycles. The maximum Gasteiger partial charge on any atom is 0.157 e. The number of fused-ring (bicyclic) bond motifs is 1. The molecule has 3 heterocycles. The SMILES string of the molecule is Cc1ccccc1[C@]1(O)CCN(c2cc(C(C)C)nc3ccnn23)C1. The molecule has 3 aromatic rings. The number of aliphatic hydroxyl groups is 1. The van der Waals surface area contributed by atoms with Gasteiger partial charge in [0.25, 0.3) is 0 Å². The van der Waals surface area contributed by atoms with Crippen molar-refractivity contribution in [1.29, 1.82) is 0 Å². The molecule has 5 heteroatoms. The van der Waals surface area contributed by atoms with E-state index in [0.29, 0.717) is 18.9 Å². The van der Waals surface area contributed by atoms with Crippen molar-refractivity contribution in [3.8, 4) is 0 Å². The molecule has 0 spiro atoms. The summed E-state index contributed by atoms with van der Waals surface area (Å²) in [5.74, 6) is 1.35. The molecule has 2 aromatic heterocycles. The van der Waals surface area contributed by atoms with Crippen LogP contribution in [0.15, 0.2) is 42.6 Å². The maximum atomic E-state index is 11.3. The van der Waals surface area contributed by atoms with E-state index in [1.54, 1.807) is 6.20 Å². The summed E-state index contributed by atoms with van der Waals surface area (Å²) in [7, 11) is 0. The van der Waals surface area contributed by atoms with Crippen LogP contribution in [0.3, 0.4) is 0 Å². The molecular weight excluding hydrogens is 312 g/mol. The summed E-state index contributed by atoms with van der Waals surface area (Å²) in [6.07, 6.45) is 2.49. The lowest BCUT2D eigenvalue weighted by atomic mass is 9.89. The number of rotatable bonds is 3. The highest BCUT2D eigenvalue weighted by Crippen LogP contribution is 2.36. The standard InChI is InChI=1S/C20H24N4O/c1-14(2)17-12-19(24-18(22-17)8-10-21-24)23-11-9-20(25,13-23)16-7-5-4-6-15(16)3/h4-8,10,12,14,25H,9,11,13H2,1-3H3/t20-/m0/s1. The van der Waals surface area contributed by atoms with Crippen molar-refractivity contribution in [3.63, 3.8) is 0 Å². The summed E-state index contributed by atoms with van der Waals surface area (Å²) >= 11 is 0. The number of hydrogen-bond donors (Lipinski definition) is 1. The fraction of sp³-hybridized carbons (Fsp3) is 0.400. The minimum Gasteiger partial charge on any atom is -0.383 e. The minimum atomic E-state index is -0.827. The monoisotopic (exact) mass is 336 g/mol. The maximum absolute atomic E-state index is 11.3. The first-order valence-electron chi connectivity index (χ1n) is 8.86. The average molecular weight is 336 g/mol. The zero-order valence-electron chi connectivity index (χ0n) is 15.0. The van der Waals surface area contributed by atoms with Gasteiger partial charge >= 0.3 is 0 Å². The van der Waals surface area contributed by atoms with Crippen LogP contribution in [-0.4, -0.2) is 32.8 Å². The molecule has 5 nitrogen and oxygen atoms in total. The average Bonchev–Trinajstić information content (AvgIpc) is 3.21. The second kappa shape index (κ2) is 5.85. The number of benzene rings is 1. The van der Waals surface area contributed by atoms with Crippen LogP contribution in [0.5, 0.6) is 0 Å². The van der Waals surface area contributed by atoms with E-state index in [2.05, 4.69) is 47.9 Å². The molecule has 25 heavy (non-hydrogen) atoms. The van der Waals surface area contributed by atoms with Crippen molar-refractivity contribution in [2.75, 3.05) is 18.0 Å². The van der Waals surface area contributed by atoms with Gasteiger partial charge in [-0.2, -0.15) is 9.61 Å². The van der Waals surface area contributed by atoms with Crippen LogP contribution in [0.2, 0.25) is 0 Å². The quantitative estimate of drug-likeness (QED) is 0.798. The van der Waals surface area contributed by atoms with Gasteiger partial charge in [-0.25, -0.2) is 4.98 Å². The predicted octanol–water partition coefficient (Wildman–Crippen LogP) is 3.26. The molecule has 0 radical (unpaired) electrons. The molecule has 130 valence electrons. The molecule has 0 bridgehead atoms. The summed E-state index contributed by atoms with van der Waals surface area (Å²) in [6, 6.07) is 12.1. The lowest BCUT2D eigenvalue weighted by molar-refractivity contribution is 0.0599. The molecule has 1 saturated heterocycles. The lowest BCUT2D eigenvalue weighted by Gasteiger charge is -2.26. The summed E-state index contributed by atoms with van der Waals surface area (Å²) in [5.41, 5.74) is 3.23. The van der Waals surface area contributed by atoms with Gasteiger partial charge in [0, 0.05) is 24.4 Å². The van der Waals surface area contributed by atoms with Gasteiger partial charge in [-0.05, 0) is 30.4 Å². The van der Waals surface area contributed by atoms with Crippen molar-refractivity contribution in [1.82, 2.24) is 14.6 Å². The number of aromatic nitrogens is 3. The third-order valence-corrected chi connectivity index (χ3v) is 5.17. The molecule has 1 aliphatic heterocycles. The first-order chi connectivity index (χ1) is 12.0. The lowest BCUT2D eigenvalue weighted by Crippen LogP contribution is -2.32. The van der Waals surface area contributed by atoms with Crippen molar-refractivity contribution in [2.24, 2.45) is 0 Å². The molecule has 1 fully saturated rings. The second-order valence-electron chi connectivity index (χ2n) is 7.31. The summed E-state index contributed by atoms with van der Waals surface area (Å²) in [6.45, 7) is 7.71. The zero-order valence-corrected chi connectivity index (χ0v) is 15.0. The Morgan fingerprint density at radius 3 is 2.76 bits per heavy atom. The van der Waals surface area contributed by atoms with E-state index in [4.69, 9.17) is 0 Å². The topological polar surface area (TPSA) is 53.7 Å². The smallest absolute Gasteiger partial charge is 0.157 e. The van der Waals surface area contributed by atoms with E-state index in [-0.39, 0.29) is 0 Å². The Bertz CT molecular complexity index is 917. The Kier molecular flexibility index (Phi) is 3.76. The van der Waals surface area contributed by atoms with E-state index in [1.165, 1.54) is 0 Å². The van der Waals surface area contributed by atoms with Crippen molar-refractivity contribution in [3.05, 3.63) is 59.4 Å². The van der Waals surface area contributed by atoms with Gasteiger partial charge in [-0.15, -0.1) is 0 Å². The molecule has 1 aromatic carbocycles. The van der Waals surface area contributed by atoms with Crippen molar-refractivity contribution in [2.45, 2.75) is 38.7 Å². The van der Waals surface area contributed by atoms with Gasteiger partial charge < -0.3 is 10.0 Å². The van der Waals surface area contributed by atoms with Crippen LogP contribution in [0.1, 0.15) is 43.0 Å². The van der Waals surface area contributed by atoms with Gasteiger partial charge in [0.15, 0.2) is 5.65 Å². The minimum absolute atomic E-state index is 0.344. The molecule has 1 N–H and O–H groups in total. The first kappa shape index (κ1) is 16.1. The Labute approximate surface area is 147 Å². The van der Waals surface area contributed by atoms with Gasteiger partial charge in [0.2, 0.25) is 0 Å². The van der Waals surface area contributed by atoms with Gasteiger partial charge in [-0.1, -0.05) is 38.1 Å². The molecule has 4 rings (SSSR count). The third kappa shape index (κ3) is 2.68. The van der Waals surface area contributed by atoms with E-state index >= 15 is 0 Å². The van der Waals surface area contributed by atoms with E-state index in [0.717, 1.165) is 34.8 Å².